The summed E-state index contributed by atoms with van der Waals surface area (Å²) in [6.07, 6.45) is 2.80. The molecule has 0 aliphatic carbocycles. The number of carbonyl (C=O) groups excluding carboxylic acids is 2. The average molecular weight is 419 g/mol. The zero-order chi connectivity index (χ0) is 20.3. The molecule has 2 atom stereocenters. The first kappa shape index (κ1) is 20.9. The van der Waals surface area contributed by atoms with E-state index in [9.17, 15) is 9.59 Å². The molecule has 5 heteroatoms. The van der Waals surface area contributed by atoms with Gasteiger partial charge in [-0.2, -0.15) is 0 Å². The fourth-order valence-electron chi connectivity index (χ4n) is 3.25. The maximum atomic E-state index is 12.4. The number of fused-ring (bicyclic) bond motifs is 2. The summed E-state index contributed by atoms with van der Waals surface area (Å²) in [6, 6.07) is 11.1. The number of benzene rings is 2. The van der Waals surface area contributed by atoms with Crippen LogP contribution in [0.15, 0.2) is 36.4 Å². The molecule has 148 valence electrons. The number of ketones is 2. The monoisotopic (exact) mass is 418 g/mol. The molecule has 0 amide bonds. The summed E-state index contributed by atoms with van der Waals surface area (Å²) in [5, 5.41) is -0.0379. The number of Topliss-reactive ketones (excluding diaryl/α,β-unsaturated/α-hetero) is 2. The van der Waals surface area contributed by atoms with Crippen molar-refractivity contribution < 1.29 is 14.3 Å². The molecule has 0 spiro atoms. The van der Waals surface area contributed by atoms with E-state index in [1.54, 1.807) is 12.1 Å². The quantitative estimate of drug-likeness (QED) is 0.307. The number of halogens is 2. The molecule has 0 saturated carbocycles. The summed E-state index contributed by atoms with van der Waals surface area (Å²) in [4.78, 5) is 24.8. The zero-order valence-corrected chi connectivity index (χ0v) is 17.6. The van der Waals surface area contributed by atoms with E-state index in [2.05, 4.69) is 0 Å². The minimum atomic E-state index is -0.0189. The number of hydrogen-bond acceptors (Lipinski definition) is 3. The summed E-state index contributed by atoms with van der Waals surface area (Å²) in [5.74, 6) is 1.68. The first-order valence-electron chi connectivity index (χ1n) is 9.61. The van der Waals surface area contributed by atoms with E-state index in [1.165, 1.54) is 0 Å². The normalized spacial score (nSPS) is 14.4. The predicted molar refractivity (Wildman–Crippen MR) is 114 cm³/mol. The van der Waals surface area contributed by atoms with Gasteiger partial charge in [0.15, 0.2) is 11.6 Å². The van der Waals surface area contributed by atoms with Crippen LogP contribution < -0.4 is 4.74 Å². The fourth-order valence-corrected chi connectivity index (χ4v) is 3.47. The number of ether oxygens (including phenoxy) is 1. The summed E-state index contributed by atoms with van der Waals surface area (Å²) < 4.78 is 5.98. The van der Waals surface area contributed by atoms with Gasteiger partial charge < -0.3 is 4.74 Å². The molecule has 1 heterocycles. The van der Waals surface area contributed by atoms with Gasteiger partial charge in [-0.3, -0.25) is 9.59 Å². The van der Waals surface area contributed by atoms with E-state index < -0.39 is 0 Å². The van der Waals surface area contributed by atoms with Crippen molar-refractivity contribution in [2.24, 2.45) is 0 Å². The predicted octanol–water partition coefficient (Wildman–Crippen LogP) is 6.56. The Balaban J connectivity index is 1.77. The molecule has 0 aromatic heterocycles. The van der Waals surface area contributed by atoms with Gasteiger partial charge in [-0.25, -0.2) is 0 Å². The Kier molecular flexibility index (Phi) is 6.79. The number of rotatable bonds is 8. The zero-order valence-electron chi connectivity index (χ0n) is 16.1. The van der Waals surface area contributed by atoms with E-state index >= 15 is 0 Å². The molecule has 2 aromatic carbocycles. The van der Waals surface area contributed by atoms with Crippen LogP contribution >= 0.6 is 23.2 Å². The Labute approximate surface area is 176 Å². The summed E-state index contributed by atoms with van der Waals surface area (Å²) in [5.41, 5.74) is 3.25. The summed E-state index contributed by atoms with van der Waals surface area (Å²) in [6.45, 7) is 3.78. The van der Waals surface area contributed by atoms with Crippen molar-refractivity contribution in [1.29, 1.82) is 0 Å². The number of alkyl halides is 2. The second-order valence-corrected chi connectivity index (χ2v) is 8.90. The van der Waals surface area contributed by atoms with Crippen LogP contribution in [0.2, 0.25) is 0 Å². The van der Waals surface area contributed by atoms with Crippen molar-refractivity contribution in [3.05, 3.63) is 58.7 Å². The van der Waals surface area contributed by atoms with Gasteiger partial charge in [0.2, 0.25) is 0 Å². The molecule has 3 rings (SSSR count). The van der Waals surface area contributed by atoms with Gasteiger partial charge in [0.1, 0.15) is 11.5 Å². The highest BCUT2D eigenvalue weighted by atomic mass is 35.5. The van der Waals surface area contributed by atoms with Gasteiger partial charge in [0.05, 0.1) is 0 Å². The highest BCUT2D eigenvalue weighted by molar-refractivity contribution is 6.20. The molecule has 0 bridgehead atoms. The van der Waals surface area contributed by atoms with E-state index in [-0.39, 0.29) is 22.3 Å². The summed E-state index contributed by atoms with van der Waals surface area (Å²) >= 11 is 11.9. The molecule has 0 N–H and O–H groups in total. The molecule has 1 aliphatic rings. The van der Waals surface area contributed by atoms with Crippen LogP contribution in [-0.4, -0.2) is 22.3 Å². The average Bonchev–Trinajstić information content (AvgIpc) is 2.67. The maximum absolute atomic E-state index is 12.4. The van der Waals surface area contributed by atoms with Gasteiger partial charge in [-0.1, -0.05) is 0 Å². The summed E-state index contributed by atoms with van der Waals surface area (Å²) in [7, 11) is 0. The lowest BCUT2D eigenvalue weighted by atomic mass is 9.94. The molecule has 0 fully saturated rings. The van der Waals surface area contributed by atoms with Gasteiger partial charge >= 0.3 is 0 Å². The van der Waals surface area contributed by atoms with Crippen LogP contribution in [0.5, 0.6) is 11.5 Å². The molecular weight excluding hydrogens is 395 g/mol. The highest BCUT2D eigenvalue weighted by Crippen LogP contribution is 2.37. The molecular formula is C23H24Cl2O3. The SMILES string of the molecule is CC(Cl)CCC(=O)c1ccc2c(c1)Cc1cc(C(=O)CCC(C)Cl)ccc1O2. The van der Waals surface area contributed by atoms with Gasteiger partial charge in [0, 0.05) is 52.3 Å². The van der Waals surface area contributed by atoms with Crippen LogP contribution in [0.4, 0.5) is 0 Å². The van der Waals surface area contributed by atoms with Crippen LogP contribution in [0.1, 0.15) is 71.4 Å². The van der Waals surface area contributed by atoms with Crippen molar-refractivity contribution in [1.82, 2.24) is 0 Å². The lowest BCUT2D eigenvalue weighted by Gasteiger charge is -2.21. The smallest absolute Gasteiger partial charge is 0.162 e. The van der Waals surface area contributed by atoms with E-state index in [0.29, 0.717) is 43.2 Å². The van der Waals surface area contributed by atoms with Crippen molar-refractivity contribution in [3.63, 3.8) is 0 Å². The van der Waals surface area contributed by atoms with E-state index in [0.717, 1.165) is 22.6 Å². The molecule has 2 unspecified atom stereocenters. The van der Waals surface area contributed by atoms with Crippen molar-refractivity contribution in [3.8, 4) is 11.5 Å². The molecule has 3 nitrogen and oxygen atoms in total. The maximum Gasteiger partial charge on any atom is 0.162 e. The van der Waals surface area contributed by atoms with Gasteiger partial charge in [-0.05, 0) is 63.1 Å². The number of carbonyl (C=O) groups is 2. The van der Waals surface area contributed by atoms with Crippen molar-refractivity contribution in [2.75, 3.05) is 0 Å². The van der Waals surface area contributed by atoms with Gasteiger partial charge in [-0.15, -0.1) is 23.2 Å². The third-order valence-electron chi connectivity index (χ3n) is 4.90. The van der Waals surface area contributed by atoms with E-state index in [4.69, 9.17) is 27.9 Å². The Hall–Kier alpha value is -1.84. The second kappa shape index (κ2) is 9.11. The molecule has 28 heavy (non-hydrogen) atoms. The first-order valence-corrected chi connectivity index (χ1v) is 10.5. The highest BCUT2D eigenvalue weighted by Gasteiger charge is 2.20. The lowest BCUT2D eigenvalue weighted by Crippen LogP contribution is -2.09. The Morgan fingerprint density at radius 2 is 1.29 bits per heavy atom. The molecule has 2 aromatic rings. The molecule has 1 aliphatic heterocycles. The Morgan fingerprint density at radius 1 is 0.857 bits per heavy atom. The minimum Gasteiger partial charge on any atom is -0.457 e. The molecule has 0 saturated heterocycles. The molecule has 0 radical (unpaired) electrons. The van der Waals surface area contributed by atoms with Gasteiger partial charge in [0.25, 0.3) is 0 Å². The van der Waals surface area contributed by atoms with Crippen LogP contribution in [0.25, 0.3) is 0 Å². The Morgan fingerprint density at radius 3 is 1.68 bits per heavy atom. The largest absolute Gasteiger partial charge is 0.457 e. The Bertz CT molecular complexity index is 816. The standard InChI is InChI=1S/C23H24Cl2O3/c1-14(24)3-7-20(26)16-5-9-22-18(11-16)13-19-12-17(6-10-23(19)28-22)21(27)8-4-15(2)25/h5-6,9-12,14-15H,3-4,7-8,13H2,1-2H3. The second-order valence-electron chi connectivity index (χ2n) is 7.41. The first-order chi connectivity index (χ1) is 13.3. The third-order valence-corrected chi connectivity index (χ3v) is 5.34. The number of hydrogen-bond donors (Lipinski definition) is 0. The van der Waals surface area contributed by atoms with E-state index in [1.807, 2.05) is 38.1 Å². The van der Waals surface area contributed by atoms with Crippen molar-refractivity contribution >= 4 is 34.8 Å². The van der Waals surface area contributed by atoms with Crippen molar-refractivity contribution in [2.45, 2.75) is 56.7 Å². The van der Waals surface area contributed by atoms with Crippen LogP contribution in [-0.2, 0) is 6.42 Å². The van der Waals surface area contributed by atoms with Crippen LogP contribution in [0.3, 0.4) is 0 Å². The van der Waals surface area contributed by atoms with Crippen LogP contribution in [0, 0.1) is 0 Å². The fraction of sp³-hybridized carbons (Fsp3) is 0.391. The topological polar surface area (TPSA) is 43.4 Å². The lowest BCUT2D eigenvalue weighted by molar-refractivity contribution is 0.0972. The third kappa shape index (κ3) is 5.15. The minimum absolute atomic E-state index is 0.0189.